The zero-order chi connectivity index (χ0) is 16.9. The number of fused-ring (bicyclic) bond motifs is 3. The third-order valence-corrected chi connectivity index (χ3v) is 12.5. The molecule has 24 heavy (non-hydrogen) atoms. The third kappa shape index (κ3) is 2.11. The lowest BCUT2D eigenvalue weighted by Crippen LogP contribution is -2.55. The Bertz CT molecular complexity index is 864. The van der Waals surface area contributed by atoms with Gasteiger partial charge in [-0.05, 0) is 40.1 Å². The van der Waals surface area contributed by atoms with Crippen LogP contribution in [0.4, 0.5) is 0 Å². The van der Waals surface area contributed by atoms with Crippen LogP contribution < -0.4 is 5.19 Å². The van der Waals surface area contributed by atoms with Crippen LogP contribution in [0.15, 0.2) is 65.9 Å². The summed E-state index contributed by atoms with van der Waals surface area (Å²) in [4.78, 5) is 0. The van der Waals surface area contributed by atoms with Crippen molar-refractivity contribution in [1.82, 2.24) is 0 Å². The number of hydrogen-bond donors (Lipinski definition) is 0. The summed E-state index contributed by atoms with van der Waals surface area (Å²) in [6.07, 6.45) is 9.21. The first-order chi connectivity index (χ1) is 11.4. The molecule has 4 rings (SSSR count). The third-order valence-electron chi connectivity index (χ3n) is 6.30. The molecule has 0 fully saturated rings. The van der Waals surface area contributed by atoms with Crippen LogP contribution in [0.1, 0.15) is 38.3 Å². The van der Waals surface area contributed by atoms with Crippen molar-refractivity contribution in [2.75, 3.05) is 0 Å². The molecule has 0 saturated heterocycles. The number of allylic oxidation sites excluding steroid dienone is 4. The van der Waals surface area contributed by atoms with Gasteiger partial charge in [0.25, 0.3) is 0 Å². The maximum Gasteiger partial charge on any atom is 0.116 e. The molecule has 0 spiro atoms. The fraction of sp³-hybridized carbons (Fsp3) is 0.304. The topological polar surface area (TPSA) is 0 Å². The van der Waals surface area contributed by atoms with Crippen molar-refractivity contribution in [3.05, 3.63) is 77.0 Å². The van der Waals surface area contributed by atoms with Crippen molar-refractivity contribution < 1.29 is 0 Å². The summed E-state index contributed by atoms with van der Waals surface area (Å²) in [6.45, 7) is 9.92. The van der Waals surface area contributed by atoms with Crippen molar-refractivity contribution >= 4 is 13.3 Å². The minimum atomic E-state index is -1.79. The zero-order valence-corrected chi connectivity index (χ0v) is 16.2. The SMILES string of the molecule is CC(C)(C)[Si](C)(C1=CC=CC1)c1cccc2c1Cc1ccccc1-2. The van der Waals surface area contributed by atoms with Crippen LogP contribution in [0, 0.1) is 0 Å². The minimum absolute atomic E-state index is 0.300. The Morgan fingerprint density at radius 1 is 0.917 bits per heavy atom. The van der Waals surface area contributed by atoms with E-state index in [0.717, 1.165) is 12.8 Å². The van der Waals surface area contributed by atoms with Crippen molar-refractivity contribution in [3.8, 4) is 11.1 Å². The van der Waals surface area contributed by atoms with Gasteiger partial charge in [-0.15, -0.1) is 0 Å². The second-order valence-corrected chi connectivity index (χ2v) is 13.3. The lowest BCUT2D eigenvalue weighted by molar-refractivity contribution is 0.728. The van der Waals surface area contributed by atoms with Gasteiger partial charge in [0.1, 0.15) is 8.07 Å². The van der Waals surface area contributed by atoms with Crippen molar-refractivity contribution in [1.29, 1.82) is 0 Å². The summed E-state index contributed by atoms with van der Waals surface area (Å²) in [5.41, 5.74) is 6.00. The Kier molecular flexibility index (Phi) is 3.47. The van der Waals surface area contributed by atoms with E-state index in [9.17, 15) is 0 Å². The van der Waals surface area contributed by atoms with Crippen LogP contribution in [-0.4, -0.2) is 8.07 Å². The standard InChI is InChI=1S/C23H26Si/c1-23(2,3)24(4,18-11-6-7-12-18)22-15-9-14-20-19-13-8-5-10-17(19)16-21(20)22/h5-11,13-15H,12,16H2,1-4H3. The first-order valence-corrected chi connectivity index (χ1v) is 11.5. The Hall–Kier alpha value is -1.86. The van der Waals surface area contributed by atoms with Crippen LogP contribution in [0.5, 0.6) is 0 Å². The summed E-state index contributed by atoms with van der Waals surface area (Å²) < 4.78 is 0. The molecule has 1 unspecified atom stereocenters. The van der Waals surface area contributed by atoms with Gasteiger partial charge in [-0.25, -0.2) is 0 Å². The maximum atomic E-state index is 2.59. The Morgan fingerprint density at radius 2 is 1.67 bits per heavy atom. The van der Waals surface area contributed by atoms with Crippen molar-refractivity contribution in [2.24, 2.45) is 0 Å². The normalized spacial score (nSPS) is 18.1. The van der Waals surface area contributed by atoms with Gasteiger partial charge in [0.15, 0.2) is 0 Å². The first kappa shape index (κ1) is 15.7. The molecule has 2 aliphatic rings. The molecule has 0 nitrogen and oxygen atoms in total. The molecule has 0 N–H and O–H groups in total. The van der Waals surface area contributed by atoms with E-state index in [1.165, 1.54) is 16.7 Å². The maximum absolute atomic E-state index is 2.59. The van der Waals surface area contributed by atoms with Crippen LogP contribution in [0.2, 0.25) is 11.6 Å². The zero-order valence-electron chi connectivity index (χ0n) is 15.2. The van der Waals surface area contributed by atoms with Gasteiger partial charge in [0.05, 0.1) is 0 Å². The second kappa shape index (κ2) is 5.32. The molecule has 2 aromatic rings. The molecular weight excluding hydrogens is 304 g/mol. The van der Waals surface area contributed by atoms with Gasteiger partial charge in [-0.2, -0.15) is 0 Å². The van der Waals surface area contributed by atoms with Crippen LogP contribution in [0.25, 0.3) is 11.1 Å². The van der Waals surface area contributed by atoms with Gasteiger partial charge < -0.3 is 0 Å². The summed E-state index contributed by atoms with van der Waals surface area (Å²) >= 11 is 0. The first-order valence-electron chi connectivity index (χ1n) is 9.00. The van der Waals surface area contributed by atoms with Gasteiger partial charge >= 0.3 is 0 Å². The molecule has 0 saturated carbocycles. The minimum Gasteiger partial charge on any atom is -0.0809 e. The average molecular weight is 331 g/mol. The second-order valence-electron chi connectivity index (χ2n) is 8.36. The monoisotopic (exact) mass is 330 g/mol. The molecule has 0 bridgehead atoms. The van der Waals surface area contributed by atoms with Gasteiger partial charge in [0.2, 0.25) is 0 Å². The van der Waals surface area contributed by atoms with Crippen LogP contribution >= 0.6 is 0 Å². The molecule has 0 heterocycles. The molecule has 0 radical (unpaired) electrons. The lowest BCUT2D eigenvalue weighted by atomic mass is 10.1. The molecule has 0 amide bonds. The van der Waals surface area contributed by atoms with Crippen LogP contribution in [-0.2, 0) is 6.42 Å². The molecule has 1 heteroatoms. The molecule has 0 aromatic heterocycles. The highest BCUT2D eigenvalue weighted by Gasteiger charge is 2.46. The van der Waals surface area contributed by atoms with E-state index < -0.39 is 8.07 Å². The van der Waals surface area contributed by atoms with Gasteiger partial charge in [-0.3, -0.25) is 0 Å². The van der Waals surface area contributed by atoms with E-state index in [0.29, 0.717) is 5.04 Å². The number of rotatable bonds is 2. The molecule has 2 aromatic carbocycles. The average Bonchev–Trinajstić information content (AvgIpc) is 3.20. The predicted molar refractivity (Wildman–Crippen MR) is 107 cm³/mol. The summed E-state index contributed by atoms with van der Waals surface area (Å²) in [7, 11) is -1.79. The quantitative estimate of drug-likeness (QED) is 0.523. The van der Waals surface area contributed by atoms with E-state index in [2.05, 4.69) is 88.0 Å². The Balaban J connectivity index is 1.94. The molecule has 0 aliphatic heterocycles. The van der Waals surface area contributed by atoms with Crippen molar-refractivity contribution in [2.45, 2.75) is 45.2 Å². The Morgan fingerprint density at radius 3 is 2.38 bits per heavy atom. The molecule has 2 aliphatic carbocycles. The van der Waals surface area contributed by atoms with Crippen LogP contribution in [0.3, 0.4) is 0 Å². The van der Waals surface area contributed by atoms with E-state index >= 15 is 0 Å². The van der Waals surface area contributed by atoms with Gasteiger partial charge in [-0.1, -0.05) is 98.4 Å². The number of benzene rings is 2. The highest BCUT2D eigenvalue weighted by atomic mass is 28.3. The Labute approximate surface area is 146 Å². The highest BCUT2D eigenvalue weighted by Crippen LogP contribution is 2.45. The van der Waals surface area contributed by atoms with E-state index in [1.54, 1.807) is 15.9 Å². The highest BCUT2D eigenvalue weighted by molar-refractivity contribution is 6.99. The fourth-order valence-electron chi connectivity index (χ4n) is 4.50. The summed E-state index contributed by atoms with van der Waals surface area (Å²) in [6, 6.07) is 16.0. The molecule has 1 atom stereocenters. The van der Waals surface area contributed by atoms with E-state index in [4.69, 9.17) is 0 Å². The van der Waals surface area contributed by atoms with E-state index in [-0.39, 0.29) is 0 Å². The predicted octanol–water partition coefficient (Wildman–Crippen LogP) is 5.77. The molecular formula is C23H26Si. The summed E-state index contributed by atoms with van der Waals surface area (Å²) in [5.74, 6) is 0. The number of hydrogen-bond acceptors (Lipinski definition) is 0. The fourth-order valence-corrected chi connectivity index (χ4v) is 8.83. The van der Waals surface area contributed by atoms with Gasteiger partial charge in [0, 0.05) is 0 Å². The van der Waals surface area contributed by atoms with Crippen molar-refractivity contribution in [3.63, 3.8) is 0 Å². The van der Waals surface area contributed by atoms with E-state index in [1.807, 2.05) is 0 Å². The largest absolute Gasteiger partial charge is 0.116 e. The molecule has 122 valence electrons. The smallest absolute Gasteiger partial charge is 0.0809 e. The summed E-state index contributed by atoms with van der Waals surface area (Å²) in [5, 5.41) is 3.63. The lowest BCUT2D eigenvalue weighted by Gasteiger charge is -2.43.